The fourth-order valence-electron chi connectivity index (χ4n) is 1.84. The molecule has 1 unspecified atom stereocenters. The molecule has 0 fully saturated rings. The van der Waals surface area contributed by atoms with Crippen LogP contribution in [0.1, 0.15) is 21.5 Å². The Morgan fingerprint density at radius 1 is 1.06 bits per heavy atom. The monoisotopic (exact) mass is 352 g/mol. The summed E-state index contributed by atoms with van der Waals surface area (Å²) in [4.78, 5) is 0.373. The smallest absolute Gasteiger partial charge is 0.0435 e. The first-order valence-corrected chi connectivity index (χ1v) is 7.31. The zero-order valence-corrected chi connectivity index (χ0v) is 12.8. The SMILES string of the molecule is Cc1cccc(CC(Br)c2ccc(Br)cc2)c1. The molecule has 0 radical (unpaired) electrons. The van der Waals surface area contributed by atoms with E-state index in [1.165, 1.54) is 16.7 Å². The first-order chi connectivity index (χ1) is 8.15. The van der Waals surface area contributed by atoms with Gasteiger partial charge in [0.1, 0.15) is 0 Å². The number of benzene rings is 2. The average molecular weight is 354 g/mol. The molecule has 1 atom stereocenters. The first kappa shape index (κ1) is 12.8. The Morgan fingerprint density at radius 2 is 1.76 bits per heavy atom. The highest BCUT2D eigenvalue weighted by atomic mass is 79.9. The largest absolute Gasteiger partial charge is 0.0835 e. The van der Waals surface area contributed by atoms with Gasteiger partial charge in [-0.05, 0) is 36.6 Å². The molecule has 0 saturated heterocycles. The summed E-state index contributed by atoms with van der Waals surface area (Å²) in [6, 6.07) is 17.1. The lowest BCUT2D eigenvalue weighted by atomic mass is 10.0. The van der Waals surface area contributed by atoms with Gasteiger partial charge in [-0.15, -0.1) is 0 Å². The van der Waals surface area contributed by atoms with Crippen molar-refractivity contribution in [2.75, 3.05) is 0 Å². The summed E-state index contributed by atoms with van der Waals surface area (Å²) in [6.45, 7) is 2.13. The molecule has 0 aliphatic carbocycles. The van der Waals surface area contributed by atoms with Crippen molar-refractivity contribution in [3.8, 4) is 0 Å². The predicted octanol–water partition coefficient (Wildman–Crippen LogP) is 5.44. The van der Waals surface area contributed by atoms with Gasteiger partial charge in [0.25, 0.3) is 0 Å². The number of aryl methyl sites for hydroxylation is 1. The molecular weight excluding hydrogens is 340 g/mol. The van der Waals surface area contributed by atoms with Gasteiger partial charge < -0.3 is 0 Å². The Bertz CT molecular complexity index is 489. The van der Waals surface area contributed by atoms with Crippen LogP contribution in [0.3, 0.4) is 0 Å². The maximum atomic E-state index is 3.76. The van der Waals surface area contributed by atoms with E-state index >= 15 is 0 Å². The van der Waals surface area contributed by atoms with Gasteiger partial charge in [0.05, 0.1) is 0 Å². The van der Waals surface area contributed by atoms with Gasteiger partial charge in [0.15, 0.2) is 0 Å². The molecule has 88 valence electrons. The Balaban J connectivity index is 2.11. The van der Waals surface area contributed by atoms with Crippen molar-refractivity contribution in [3.63, 3.8) is 0 Å². The van der Waals surface area contributed by atoms with Crippen molar-refractivity contribution in [2.24, 2.45) is 0 Å². The summed E-state index contributed by atoms with van der Waals surface area (Å²) in [5, 5.41) is 0. The molecule has 2 aromatic rings. The van der Waals surface area contributed by atoms with Crippen molar-refractivity contribution >= 4 is 31.9 Å². The zero-order chi connectivity index (χ0) is 12.3. The molecule has 0 heterocycles. The maximum absolute atomic E-state index is 3.76. The fourth-order valence-corrected chi connectivity index (χ4v) is 2.78. The van der Waals surface area contributed by atoms with Crippen molar-refractivity contribution in [1.82, 2.24) is 0 Å². The molecule has 0 saturated carbocycles. The van der Waals surface area contributed by atoms with Crippen LogP contribution in [0.5, 0.6) is 0 Å². The molecular formula is C15H14Br2. The zero-order valence-electron chi connectivity index (χ0n) is 9.66. The molecule has 17 heavy (non-hydrogen) atoms. The van der Waals surface area contributed by atoms with E-state index in [2.05, 4.69) is 87.3 Å². The van der Waals surface area contributed by atoms with Crippen LogP contribution in [0.2, 0.25) is 0 Å². The van der Waals surface area contributed by atoms with Crippen molar-refractivity contribution in [1.29, 1.82) is 0 Å². The molecule has 0 N–H and O–H groups in total. The van der Waals surface area contributed by atoms with Gasteiger partial charge in [0, 0.05) is 9.30 Å². The highest BCUT2D eigenvalue weighted by Gasteiger charge is 2.08. The van der Waals surface area contributed by atoms with Crippen LogP contribution in [0.15, 0.2) is 53.0 Å². The second kappa shape index (κ2) is 5.83. The van der Waals surface area contributed by atoms with Gasteiger partial charge >= 0.3 is 0 Å². The highest BCUT2D eigenvalue weighted by Crippen LogP contribution is 2.28. The molecule has 0 aromatic heterocycles. The van der Waals surface area contributed by atoms with Crippen molar-refractivity contribution in [2.45, 2.75) is 18.2 Å². The Hall–Kier alpha value is -0.600. The summed E-state index contributed by atoms with van der Waals surface area (Å²) in [6.07, 6.45) is 1.02. The molecule has 0 spiro atoms. The molecule has 0 amide bonds. The molecule has 0 bridgehead atoms. The van der Waals surface area contributed by atoms with Crippen LogP contribution >= 0.6 is 31.9 Å². The van der Waals surface area contributed by atoms with Crippen LogP contribution in [0.4, 0.5) is 0 Å². The summed E-state index contributed by atoms with van der Waals surface area (Å²) in [5.41, 5.74) is 4.00. The van der Waals surface area contributed by atoms with Gasteiger partial charge in [0.2, 0.25) is 0 Å². The number of halogens is 2. The Kier molecular flexibility index (Phi) is 4.41. The third-order valence-corrected chi connectivity index (χ3v) is 4.11. The minimum atomic E-state index is 0.373. The van der Waals surface area contributed by atoms with E-state index in [0.717, 1.165) is 10.9 Å². The van der Waals surface area contributed by atoms with Crippen LogP contribution in [0.25, 0.3) is 0 Å². The van der Waals surface area contributed by atoms with E-state index in [1.54, 1.807) is 0 Å². The molecule has 2 rings (SSSR count). The van der Waals surface area contributed by atoms with E-state index in [1.807, 2.05) is 0 Å². The minimum Gasteiger partial charge on any atom is -0.0835 e. The lowest BCUT2D eigenvalue weighted by Gasteiger charge is -2.11. The van der Waals surface area contributed by atoms with E-state index in [4.69, 9.17) is 0 Å². The summed E-state index contributed by atoms with van der Waals surface area (Å²) in [7, 11) is 0. The van der Waals surface area contributed by atoms with E-state index in [0.29, 0.717) is 4.83 Å². The number of rotatable bonds is 3. The Labute approximate surface area is 119 Å². The first-order valence-electron chi connectivity index (χ1n) is 5.60. The summed E-state index contributed by atoms with van der Waals surface area (Å²) in [5.74, 6) is 0. The molecule has 2 aromatic carbocycles. The molecule has 2 heteroatoms. The summed E-state index contributed by atoms with van der Waals surface area (Å²) >= 11 is 7.21. The van der Waals surface area contributed by atoms with Crippen LogP contribution < -0.4 is 0 Å². The number of alkyl halides is 1. The fraction of sp³-hybridized carbons (Fsp3) is 0.200. The second-order valence-corrected chi connectivity index (χ2v) is 6.23. The van der Waals surface area contributed by atoms with Crippen LogP contribution in [0, 0.1) is 6.92 Å². The quantitative estimate of drug-likeness (QED) is 0.645. The van der Waals surface area contributed by atoms with Crippen LogP contribution in [-0.4, -0.2) is 0 Å². The lowest BCUT2D eigenvalue weighted by Crippen LogP contribution is -1.95. The number of hydrogen-bond acceptors (Lipinski definition) is 0. The molecule has 0 nitrogen and oxygen atoms in total. The topological polar surface area (TPSA) is 0 Å². The summed E-state index contributed by atoms with van der Waals surface area (Å²) < 4.78 is 1.12. The standard InChI is InChI=1S/C15H14Br2/c1-11-3-2-4-12(9-11)10-15(17)13-5-7-14(16)8-6-13/h2-9,15H,10H2,1H3. The second-order valence-electron chi connectivity index (χ2n) is 4.21. The van der Waals surface area contributed by atoms with Crippen LogP contribution in [-0.2, 0) is 6.42 Å². The van der Waals surface area contributed by atoms with Gasteiger partial charge in [-0.2, -0.15) is 0 Å². The number of hydrogen-bond donors (Lipinski definition) is 0. The average Bonchev–Trinajstić information content (AvgIpc) is 2.29. The van der Waals surface area contributed by atoms with Gasteiger partial charge in [-0.1, -0.05) is 73.8 Å². The van der Waals surface area contributed by atoms with Gasteiger partial charge in [-0.25, -0.2) is 0 Å². The highest BCUT2D eigenvalue weighted by molar-refractivity contribution is 9.10. The Morgan fingerprint density at radius 3 is 2.41 bits per heavy atom. The lowest BCUT2D eigenvalue weighted by molar-refractivity contribution is 0.946. The van der Waals surface area contributed by atoms with E-state index in [-0.39, 0.29) is 0 Å². The minimum absolute atomic E-state index is 0.373. The van der Waals surface area contributed by atoms with E-state index < -0.39 is 0 Å². The van der Waals surface area contributed by atoms with Crippen molar-refractivity contribution in [3.05, 3.63) is 69.7 Å². The normalized spacial score (nSPS) is 12.4. The maximum Gasteiger partial charge on any atom is 0.0435 e. The van der Waals surface area contributed by atoms with Gasteiger partial charge in [-0.3, -0.25) is 0 Å². The third-order valence-electron chi connectivity index (χ3n) is 2.73. The molecule has 0 aliphatic heterocycles. The van der Waals surface area contributed by atoms with E-state index in [9.17, 15) is 0 Å². The third kappa shape index (κ3) is 3.68. The molecule has 0 aliphatic rings. The predicted molar refractivity (Wildman–Crippen MR) is 80.7 cm³/mol. The van der Waals surface area contributed by atoms with Crippen molar-refractivity contribution < 1.29 is 0 Å².